The molecule has 1 aliphatic heterocycles. The van der Waals surface area contributed by atoms with Crippen LogP contribution in [0, 0.1) is 0 Å². The molecular formula is C24H25N3O5. The van der Waals surface area contributed by atoms with Gasteiger partial charge in [0.25, 0.3) is 17.4 Å². The summed E-state index contributed by atoms with van der Waals surface area (Å²) in [6, 6.07) is 13.8. The number of carbonyl (C=O) groups excluding carboxylic acids is 2. The maximum atomic E-state index is 13.2. The highest BCUT2D eigenvalue weighted by molar-refractivity contribution is 6.06. The predicted molar refractivity (Wildman–Crippen MR) is 121 cm³/mol. The highest BCUT2D eigenvalue weighted by Gasteiger charge is 2.27. The average molecular weight is 435 g/mol. The number of amides is 2. The standard InChI is InChI=1S/C24H25N3O5/c1-25-21-7-5-4-6-19(21)20(15-22(25)28)24(30)27-10-8-26(9-11-27)23(29)16-12-17(31-2)14-18(13-16)32-3/h4-7,12-15H,8-11H2,1-3H3. The first-order valence-corrected chi connectivity index (χ1v) is 10.3. The van der Waals surface area contributed by atoms with Gasteiger partial charge in [0.15, 0.2) is 0 Å². The number of piperazine rings is 1. The minimum absolute atomic E-state index is 0.145. The number of hydrogen-bond acceptors (Lipinski definition) is 5. The third kappa shape index (κ3) is 3.91. The molecule has 0 atom stereocenters. The fourth-order valence-corrected chi connectivity index (χ4v) is 3.98. The number of fused-ring (bicyclic) bond motifs is 1. The van der Waals surface area contributed by atoms with Crippen LogP contribution in [0.15, 0.2) is 53.3 Å². The Morgan fingerprint density at radius 2 is 1.38 bits per heavy atom. The van der Waals surface area contributed by atoms with Gasteiger partial charge in [-0.2, -0.15) is 0 Å². The molecule has 0 saturated carbocycles. The minimum atomic E-state index is -0.229. The van der Waals surface area contributed by atoms with Gasteiger partial charge in [-0.05, 0) is 18.2 Å². The van der Waals surface area contributed by atoms with Gasteiger partial charge in [-0.3, -0.25) is 14.4 Å². The molecule has 1 saturated heterocycles. The number of benzene rings is 2. The second kappa shape index (κ2) is 8.74. The Kier molecular flexibility index (Phi) is 5.85. The second-order valence-corrected chi connectivity index (χ2v) is 7.66. The number of aromatic nitrogens is 1. The van der Waals surface area contributed by atoms with Crippen LogP contribution in [0.5, 0.6) is 11.5 Å². The molecule has 4 rings (SSSR count). The van der Waals surface area contributed by atoms with Crippen LogP contribution < -0.4 is 15.0 Å². The quantitative estimate of drug-likeness (QED) is 0.627. The average Bonchev–Trinajstić information content (AvgIpc) is 2.85. The molecule has 1 aromatic heterocycles. The summed E-state index contributed by atoms with van der Waals surface area (Å²) in [5, 5.41) is 0.738. The zero-order valence-corrected chi connectivity index (χ0v) is 18.3. The molecule has 166 valence electrons. The van der Waals surface area contributed by atoms with E-state index in [1.54, 1.807) is 35.0 Å². The highest BCUT2D eigenvalue weighted by Crippen LogP contribution is 2.24. The van der Waals surface area contributed by atoms with E-state index in [1.165, 1.54) is 24.9 Å². The van der Waals surface area contributed by atoms with Crippen LogP contribution in [0.25, 0.3) is 10.9 Å². The van der Waals surface area contributed by atoms with Gasteiger partial charge in [0, 0.05) is 56.3 Å². The molecule has 2 heterocycles. The molecule has 0 unspecified atom stereocenters. The van der Waals surface area contributed by atoms with Crippen molar-refractivity contribution in [2.75, 3.05) is 40.4 Å². The van der Waals surface area contributed by atoms with Crippen molar-refractivity contribution in [3.05, 3.63) is 70.0 Å². The normalized spacial score (nSPS) is 13.8. The largest absolute Gasteiger partial charge is 0.497 e. The molecule has 8 heteroatoms. The Bertz CT molecular complexity index is 1220. The van der Waals surface area contributed by atoms with Crippen molar-refractivity contribution in [2.45, 2.75) is 0 Å². The number of aryl methyl sites for hydroxylation is 1. The van der Waals surface area contributed by atoms with E-state index in [4.69, 9.17) is 9.47 Å². The Balaban J connectivity index is 1.52. The first-order valence-electron chi connectivity index (χ1n) is 10.3. The maximum Gasteiger partial charge on any atom is 0.254 e. The third-order valence-electron chi connectivity index (χ3n) is 5.84. The van der Waals surface area contributed by atoms with Gasteiger partial charge in [-0.25, -0.2) is 0 Å². The summed E-state index contributed by atoms with van der Waals surface area (Å²) in [6.07, 6.45) is 0. The van der Waals surface area contributed by atoms with Crippen molar-refractivity contribution in [3.63, 3.8) is 0 Å². The SMILES string of the molecule is COc1cc(OC)cc(C(=O)N2CCN(C(=O)c3cc(=O)n(C)c4ccccc34)CC2)c1. The van der Waals surface area contributed by atoms with Gasteiger partial charge in [-0.1, -0.05) is 18.2 Å². The van der Waals surface area contributed by atoms with Crippen molar-refractivity contribution in [2.24, 2.45) is 7.05 Å². The van der Waals surface area contributed by atoms with Gasteiger partial charge in [0.05, 0.1) is 25.3 Å². The monoisotopic (exact) mass is 435 g/mol. The van der Waals surface area contributed by atoms with Gasteiger partial charge in [-0.15, -0.1) is 0 Å². The molecular weight excluding hydrogens is 410 g/mol. The predicted octanol–water partition coefficient (Wildman–Crippen LogP) is 2.15. The summed E-state index contributed by atoms with van der Waals surface area (Å²) in [5.74, 6) is 0.737. The Morgan fingerprint density at radius 1 is 0.812 bits per heavy atom. The molecule has 0 spiro atoms. The number of methoxy groups -OCH3 is 2. The molecule has 0 aliphatic carbocycles. The summed E-state index contributed by atoms with van der Waals surface area (Å²) >= 11 is 0. The lowest BCUT2D eigenvalue weighted by molar-refractivity contribution is 0.0536. The van der Waals surface area contributed by atoms with Crippen LogP contribution in [-0.4, -0.2) is 66.6 Å². The van der Waals surface area contributed by atoms with Crippen molar-refractivity contribution in [1.29, 1.82) is 0 Å². The third-order valence-corrected chi connectivity index (χ3v) is 5.84. The van der Waals surface area contributed by atoms with Gasteiger partial charge in [0.2, 0.25) is 0 Å². The Hall–Kier alpha value is -3.81. The number of hydrogen-bond donors (Lipinski definition) is 0. The molecule has 1 fully saturated rings. The van der Waals surface area contributed by atoms with E-state index in [0.717, 1.165) is 5.39 Å². The molecule has 0 N–H and O–H groups in total. The van der Waals surface area contributed by atoms with E-state index in [1.807, 2.05) is 24.3 Å². The van der Waals surface area contributed by atoms with Crippen LogP contribution in [0.4, 0.5) is 0 Å². The molecule has 0 bridgehead atoms. The van der Waals surface area contributed by atoms with Crippen LogP contribution in [-0.2, 0) is 7.05 Å². The number of para-hydroxylation sites is 1. The van der Waals surface area contributed by atoms with E-state index in [-0.39, 0.29) is 17.4 Å². The Labute approximate surface area is 185 Å². The summed E-state index contributed by atoms with van der Waals surface area (Å²) in [5.41, 5.74) is 1.34. The zero-order chi connectivity index (χ0) is 22.8. The van der Waals surface area contributed by atoms with E-state index in [2.05, 4.69) is 0 Å². The number of carbonyl (C=O) groups is 2. The molecule has 32 heavy (non-hydrogen) atoms. The van der Waals surface area contributed by atoms with Gasteiger partial charge in [0.1, 0.15) is 11.5 Å². The lowest BCUT2D eigenvalue weighted by Gasteiger charge is -2.35. The number of rotatable bonds is 4. The molecule has 8 nitrogen and oxygen atoms in total. The minimum Gasteiger partial charge on any atom is -0.497 e. The Morgan fingerprint density at radius 3 is 1.97 bits per heavy atom. The number of ether oxygens (including phenoxy) is 2. The van der Waals surface area contributed by atoms with Gasteiger partial charge >= 0.3 is 0 Å². The van der Waals surface area contributed by atoms with E-state index >= 15 is 0 Å². The molecule has 0 radical (unpaired) electrons. The fraction of sp³-hybridized carbons (Fsp3) is 0.292. The first kappa shape index (κ1) is 21.4. The lowest BCUT2D eigenvalue weighted by Crippen LogP contribution is -2.50. The summed E-state index contributed by atoms with van der Waals surface area (Å²) in [4.78, 5) is 42.0. The molecule has 2 aromatic carbocycles. The lowest BCUT2D eigenvalue weighted by atomic mass is 10.1. The van der Waals surface area contributed by atoms with E-state index in [0.29, 0.717) is 54.3 Å². The smallest absolute Gasteiger partial charge is 0.254 e. The van der Waals surface area contributed by atoms with Crippen LogP contribution in [0.2, 0.25) is 0 Å². The number of pyridine rings is 1. The van der Waals surface area contributed by atoms with Crippen molar-refractivity contribution in [1.82, 2.24) is 14.4 Å². The van der Waals surface area contributed by atoms with E-state index in [9.17, 15) is 14.4 Å². The van der Waals surface area contributed by atoms with Crippen LogP contribution in [0.1, 0.15) is 20.7 Å². The number of nitrogens with zero attached hydrogens (tertiary/aromatic N) is 3. The second-order valence-electron chi connectivity index (χ2n) is 7.66. The molecule has 3 aromatic rings. The first-order chi connectivity index (χ1) is 15.4. The van der Waals surface area contributed by atoms with Gasteiger partial charge < -0.3 is 23.8 Å². The highest BCUT2D eigenvalue weighted by atomic mass is 16.5. The maximum absolute atomic E-state index is 13.2. The summed E-state index contributed by atoms with van der Waals surface area (Å²) in [7, 11) is 4.76. The van der Waals surface area contributed by atoms with Crippen molar-refractivity contribution < 1.29 is 19.1 Å². The van der Waals surface area contributed by atoms with Crippen LogP contribution in [0.3, 0.4) is 0 Å². The van der Waals surface area contributed by atoms with Crippen LogP contribution >= 0.6 is 0 Å². The molecule has 1 aliphatic rings. The fourth-order valence-electron chi connectivity index (χ4n) is 3.98. The summed E-state index contributed by atoms with van der Waals surface area (Å²) in [6.45, 7) is 1.56. The zero-order valence-electron chi connectivity index (χ0n) is 18.3. The van der Waals surface area contributed by atoms with Crippen molar-refractivity contribution in [3.8, 4) is 11.5 Å². The van der Waals surface area contributed by atoms with E-state index < -0.39 is 0 Å². The summed E-state index contributed by atoms with van der Waals surface area (Å²) < 4.78 is 12.0. The van der Waals surface area contributed by atoms with Crippen molar-refractivity contribution >= 4 is 22.7 Å². The topological polar surface area (TPSA) is 81.1 Å². The molecule has 2 amide bonds.